The van der Waals surface area contributed by atoms with Crippen LogP contribution in [0.25, 0.3) is 0 Å². The van der Waals surface area contributed by atoms with Gasteiger partial charge in [-0.2, -0.15) is 0 Å². The van der Waals surface area contributed by atoms with Crippen LogP contribution in [0.5, 0.6) is 5.75 Å². The zero-order valence-electron chi connectivity index (χ0n) is 10.8. The van der Waals surface area contributed by atoms with Gasteiger partial charge in [-0.3, -0.25) is 0 Å². The Hall–Kier alpha value is -1.09. The first-order valence-corrected chi connectivity index (χ1v) is 6.04. The average molecular weight is 240 g/mol. The summed E-state index contributed by atoms with van der Waals surface area (Å²) in [5.41, 5.74) is 0. The molecular weight excluding hydrogens is 219 g/mol. The number of para-hydroxylation sites is 1. The van der Waals surface area contributed by atoms with Gasteiger partial charge in [-0.15, -0.1) is 0 Å². The van der Waals surface area contributed by atoms with Gasteiger partial charge in [0.15, 0.2) is 11.6 Å². The molecule has 1 aliphatic rings. The van der Waals surface area contributed by atoms with Crippen LogP contribution in [0.1, 0.15) is 20.8 Å². The van der Waals surface area contributed by atoms with Crippen molar-refractivity contribution in [1.29, 1.82) is 0 Å². The van der Waals surface area contributed by atoms with E-state index in [9.17, 15) is 4.39 Å². The molecule has 0 radical (unpaired) electrons. The maximum Gasteiger partial charge on any atom is 0.165 e. The van der Waals surface area contributed by atoms with Crippen molar-refractivity contribution in [2.24, 2.45) is 11.8 Å². The molecule has 2 nitrogen and oxygen atoms in total. The van der Waals surface area contributed by atoms with E-state index in [1.807, 2.05) is 0 Å². The van der Waals surface area contributed by atoms with Crippen molar-refractivity contribution in [3.05, 3.63) is 30.1 Å². The molecule has 2 rings (SSSR count). The molecule has 0 aromatic heterocycles. The fourth-order valence-corrected chi connectivity index (χ4v) is 1.15. The van der Waals surface area contributed by atoms with Gasteiger partial charge in [-0.1, -0.05) is 32.9 Å². The number of hydrogen-bond donors (Lipinski definition) is 0. The summed E-state index contributed by atoms with van der Waals surface area (Å²) in [6.45, 7) is 8.50. The lowest BCUT2D eigenvalue weighted by Crippen LogP contribution is -2.32. The summed E-state index contributed by atoms with van der Waals surface area (Å²) in [6, 6.07) is 6.44. The first-order valence-electron chi connectivity index (χ1n) is 6.04. The van der Waals surface area contributed by atoms with E-state index >= 15 is 0 Å². The summed E-state index contributed by atoms with van der Waals surface area (Å²) in [4.78, 5) is 0. The summed E-state index contributed by atoms with van der Waals surface area (Å²) >= 11 is 0. The lowest BCUT2D eigenvalue weighted by atomic mass is 10.1. The van der Waals surface area contributed by atoms with Crippen molar-refractivity contribution in [2.45, 2.75) is 20.8 Å². The molecule has 0 unspecified atom stereocenters. The van der Waals surface area contributed by atoms with Crippen molar-refractivity contribution >= 4 is 0 Å². The highest BCUT2D eigenvalue weighted by Gasteiger charge is 2.19. The minimum atomic E-state index is -0.303. The second-order valence-corrected chi connectivity index (χ2v) is 4.88. The molecule has 1 heterocycles. The topological polar surface area (TPSA) is 18.5 Å². The third kappa shape index (κ3) is 5.68. The summed E-state index contributed by atoms with van der Waals surface area (Å²) < 4.78 is 23.3. The predicted molar refractivity (Wildman–Crippen MR) is 66.7 cm³/mol. The molecule has 1 aromatic rings. The van der Waals surface area contributed by atoms with Crippen LogP contribution in [0.3, 0.4) is 0 Å². The molecule has 0 atom stereocenters. The minimum absolute atomic E-state index is 0.303. The van der Waals surface area contributed by atoms with E-state index < -0.39 is 0 Å². The van der Waals surface area contributed by atoms with Crippen molar-refractivity contribution < 1.29 is 13.9 Å². The van der Waals surface area contributed by atoms with Gasteiger partial charge in [-0.25, -0.2) is 4.39 Å². The van der Waals surface area contributed by atoms with Gasteiger partial charge in [0.2, 0.25) is 0 Å². The molecular formula is C14H21FO2. The van der Waals surface area contributed by atoms with Crippen molar-refractivity contribution in [3.63, 3.8) is 0 Å². The molecule has 0 amide bonds. The highest BCUT2D eigenvalue weighted by Crippen LogP contribution is 2.18. The molecule has 0 N–H and O–H groups in total. The summed E-state index contributed by atoms with van der Waals surface area (Å²) in [5.74, 6) is 1.29. The first-order chi connectivity index (χ1) is 8.09. The molecule has 1 fully saturated rings. The fourth-order valence-electron chi connectivity index (χ4n) is 1.15. The fraction of sp³-hybridized carbons (Fsp3) is 0.571. The molecule has 1 aliphatic heterocycles. The highest BCUT2D eigenvalue weighted by molar-refractivity contribution is 5.23. The molecule has 1 saturated heterocycles. The lowest BCUT2D eigenvalue weighted by molar-refractivity contribution is -0.0512. The van der Waals surface area contributed by atoms with E-state index in [2.05, 4.69) is 20.8 Å². The van der Waals surface area contributed by atoms with Crippen molar-refractivity contribution in [3.8, 4) is 5.75 Å². The normalized spacial score (nSPS) is 14.9. The van der Waals surface area contributed by atoms with Gasteiger partial charge in [0.1, 0.15) is 0 Å². The SMILES string of the molecule is CC(C)C.Fc1ccccc1OCC1COC1. The highest BCUT2D eigenvalue weighted by atomic mass is 19.1. The number of ether oxygens (including phenoxy) is 2. The molecule has 0 saturated carbocycles. The van der Waals surface area contributed by atoms with Gasteiger partial charge in [-0.05, 0) is 18.1 Å². The van der Waals surface area contributed by atoms with E-state index in [0.717, 1.165) is 19.1 Å². The quantitative estimate of drug-likeness (QED) is 0.805. The zero-order chi connectivity index (χ0) is 12.7. The molecule has 0 bridgehead atoms. The van der Waals surface area contributed by atoms with Gasteiger partial charge in [0.05, 0.1) is 19.8 Å². The zero-order valence-corrected chi connectivity index (χ0v) is 10.8. The maximum atomic E-state index is 13.0. The van der Waals surface area contributed by atoms with Crippen LogP contribution in [0, 0.1) is 17.7 Å². The molecule has 0 aliphatic carbocycles. The van der Waals surface area contributed by atoms with Gasteiger partial charge in [0.25, 0.3) is 0 Å². The van der Waals surface area contributed by atoms with E-state index in [0.29, 0.717) is 18.3 Å². The Bertz CT molecular complexity index is 319. The largest absolute Gasteiger partial charge is 0.490 e. The molecule has 96 valence electrons. The molecule has 1 aromatic carbocycles. The molecule has 17 heavy (non-hydrogen) atoms. The first kappa shape index (κ1) is 14.0. The Labute approximate surface area is 103 Å². The Morgan fingerprint density at radius 1 is 1.29 bits per heavy atom. The van der Waals surface area contributed by atoms with Crippen LogP contribution in [0.15, 0.2) is 24.3 Å². The summed E-state index contributed by atoms with van der Waals surface area (Å²) in [7, 11) is 0. The standard InChI is InChI=1S/C10H11FO2.C4H10/c11-9-3-1-2-4-10(9)13-7-8-5-12-6-8;1-4(2)3/h1-4,8H,5-7H2;4H,1-3H3. The Morgan fingerprint density at radius 3 is 2.35 bits per heavy atom. The average Bonchev–Trinajstić information content (AvgIpc) is 2.17. The monoisotopic (exact) mass is 240 g/mol. The Morgan fingerprint density at radius 2 is 1.88 bits per heavy atom. The third-order valence-corrected chi connectivity index (χ3v) is 2.02. The van der Waals surface area contributed by atoms with E-state index in [4.69, 9.17) is 9.47 Å². The van der Waals surface area contributed by atoms with Crippen LogP contribution >= 0.6 is 0 Å². The smallest absolute Gasteiger partial charge is 0.165 e. The number of halogens is 1. The molecule has 3 heteroatoms. The van der Waals surface area contributed by atoms with E-state index in [1.165, 1.54) is 6.07 Å². The summed E-state index contributed by atoms with van der Waals surface area (Å²) in [5, 5.41) is 0. The van der Waals surface area contributed by atoms with Gasteiger partial charge in [0, 0.05) is 5.92 Å². The van der Waals surface area contributed by atoms with Crippen LogP contribution in [-0.4, -0.2) is 19.8 Å². The minimum Gasteiger partial charge on any atom is -0.490 e. The predicted octanol–water partition coefficient (Wildman–Crippen LogP) is 3.51. The van der Waals surface area contributed by atoms with Gasteiger partial charge < -0.3 is 9.47 Å². The third-order valence-electron chi connectivity index (χ3n) is 2.02. The van der Waals surface area contributed by atoms with Crippen LogP contribution < -0.4 is 4.74 Å². The summed E-state index contributed by atoms with van der Waals surface area (Å²) in [6.07, 6.45) is 0. The lowest BCUT2D eigenvalue weighted by Gasteiger charge is -2.25. The van der Waals surface area contributed by atoms with Crippen LogP contribution in [0.2, 0.25) is 0 Å². The van der Waals surface area contributed by atoms with Gasteiger partial charge >= 0.3 is 0 Å². The number of benzene rings is 1. The number of rotatable bonds is 3. The number of hydrogen-bond acceptors (Lipinski definition) is 2. The maximum absolute atomic E-state index is 13.0. The Kier molecular flexibility index (Phi) is 5.98. The van der Waals surface area contributed by atoms with E-state index in [1.54, 1.807) is 18.2 Å². The van der Waals surface area contributed by atoms with Crippen LogP contribution in [-0.2, 0) is 4.74 Å². The second kappa shape index (κ2) is 7.28. The van der Waals surface area contributed by atoms with Crippen molar-refractivity contribution in [2.75, 3.05) is 19.8 Å². The Balaban J connectivity index is 0.000000317. The van der Waals surface area contributed by atoms with E-state index in [-0.39, 0.29) is 5.82 Å². The van der Waals surface area contributed by atoms with Crippen LogP contribution in [0.4, 0.5) is 4.39 Å². The second-order valence-electron chi connectivity index (χ2n) is 4.88. The van der Waals surface area contributed by atoms with Crippen molar-refractivity contribution in [1.82, 2.24) is 0 Å². The molecule has 0 spiro atoms.